The van der Waals surface area contributed by atoms with E-state index in [0.29, 0.717) is 5.56 Å². The number of aryl methyl sites for hydroxylation is 1. The molecule has 0 unspecified atom stereocenters. The fourth-order valence-electron chi connectivity index (χ4n) is 1.63. The minimum absolute atomic E-state index is 0.584. The summed E-state index contributed by atoms with van der Waals surface area (Å²) >= 11 is 1.52. The third-order valence-electron chi connectivity index (χ3n) is 2.48. The molecule has 82 valence electrons. The van der Waals surface area contributed by atoms with Crippen LogP contribution in [0, 0.1) is 18.3 Å². The molecule has 0 aromatic carbocycles. The van der Waals surface area contributed by atoms with Crippen molar-refractivity contribution in [3.05, 3.63) is 35.1 Å². The number of rotatable bonds is 1. The lowest BCUT2D eigenvalue weighted by Crippen LogP contribution is -1.90. The molecule has 0 saturated heterocycles. The van der Waals surface area contributed by atoms with E-state index in [-0.39, 0.29) is 0 Å². The second-order valence-corrected chi connectivity index (χ2v) is 4.40. The molecular formula is C11H7N5S. The molecule has 0 aliphatic carbocycles. The van der Waals surface area contributed by atoms with Gasteiger partial charge in [0.25, 0.3) is 0 Å². The fraction of sp³-hybridized carbons (Fsp3) is 0.0909. The van der Waals surface area contributed by atoms with Crippen LogP contribution in [0.1, 0.15) is 11.3 Å². The molecule has 0 fully saturated rings. The van der Waals surface area contributed by atoms with Crippen molar-refractivity contribution in [2.75, 3.05) is 0 Å². The molecular weight excluding hydrogens is 234 g/mol. The Morgan fingerprint density at radius 2 is 2.24 bits per heavy atom. The molecule has 0 atom stereocenters. The van der Waals surface area contributed by atoms with E-state index in [0.717, 1.165) is 22.0 Å². The molecule has 17 heavy (non-hydrogen) atoms. The van der Waals surface area contributed by atoms with Gasteiger partial charge in [-0.15, -0.1) is 21.5 Å². The maximum Gasteiger partial charge on any atom is 0.180 e. The lowest BCUT2D eigenvalue weighted by Gasteiger charge is -1.98. The molecule has 0 spiro atoms. The second kappa shape index (κ2) is 3.64. The zero-order chi connectivity index (χ0) is 11.8. The van der Waals surface area contributed by atoms with E-state index in [1.165, 1.54) is 11.3 Å². The molecule has 0 saturated carbocycles. The van der Waals surface area contributed by atoms with Crippen LogP contribution in [0.3, 0.4) is 0 Å². The van der Waals surface area contributed by atoms with Crippen LogP contribution < -0.4 is 0 Å². The Kier molecular flexibility index (Phi) is 2.13. The third kappa shape index (κ3) is 1.48. The van der Waals surface area contributed by atoms with Gasteiger partial charge in [0.2, 0.25) is 0 Å². The predicted molar refractivity (Wildman–Crippen MR) is 63.5 cm³/mol. The van der Waals surface area contributed by atoms with Gasteiger partial charge in [0, 0.05) is 6.20 Å². The summed E-state index contributed by atoms with van der Waals surface area (Å²) in [5.41, 5.74) is 4.01. The molecule has 3 aromatic heterocycles. The Hall–Kier alpha value is -2.26. The van der Waals surface area contributed by atoms with Crippen LogP contribution >= 0.6 is 11.3 Å². The predicted octanol–water partition coefficient (Wildman–Crippen LogP) is 2.03. The minimum atomic E-state index is 0.584. The Bertz CT molecular complexity index is 734. The summed E-state index contributed by atoms with van der Waals surface area (Å²) in [6.45, 7) is 1.93. The number of hydrogen-bond donors (Lipinski definition) is 0. The number of hydrogen-bond acceptors (Lipinski definition) is 5. The highest BCUT2D eigenvalue weighted by atomic mass is 32.1. The molecule has 6 heteroatoms. The summed E-state index contributed by atoms with van der Waals surface area (Å²) in [5, 5.41) is 17.1. The molecule has 3 rings (SSSR count). The number of aromatic nitrogens is 4. The fourth-order valence-corrected chi connectivity index (χ4v) is 2.41. The Balaban J connectivity index is 2.31. The van der Waals surface area contributed by atoms with E-state index in [1.807, 2.05) is 11.3 Å². The first-order valence-electron chi connectivity index (χ1n) is 4.95. The van der Waals surface area contributed by atoms with Crippen LogP contribution in [-0.2, 0) is 0 Å². The van der Waals surface area contributed by atoms with Crippen molar-refractivity contribution < 1.29 is 0 Å². The van der Waals surface area contributed by atoms with E-state index in [2.05, 4.69) is 21.3 Å². The van der Waals surface area contributed by atoms with E-state index in [1.54, 1.807) is 23.8 Å². The zero-order valence-corrected chi connectivity index (χ0v) is 9.77. The molecule has 0 aliphatic rings. The highest BCUT2D eigenvalue weighted by molar-refractivity contribution is 7.13. The molecule has 3 aromatic rings. The molecule has 0 N–H and O–H groups in total. The van der Waals surface area contributed by atoms with Crippen LogP contribution in [0.15, 0.2) is 23.8 Å². The maximum atomic E-state index is 8.90. The van der Waals surface area contributed by atoms with Gasteiger partial charge in [-0.3, -0.25) is 4.40 Å². The molecule has 0 aliphatic heterocycles. The lowest BCUT2D eigenvalue weighted by atomic mass is 10.3. The van der Waals surface area contributed by atoms with Gasteiger partial charge in [-0.05, 0) is 19.1 Å². The Morgan fingerprint density at radius 3 is 2.94 bits per heavy atom. The quantitative estimate of drug-likeness (QED) is 0.653. The Morgan fingerprint density at radius 1 is 1.35 bits per heavy atom. The van der Waals surface area contributed by atoms with Crippen molar-refractivity contribution >= 4 is 17.0 Å². The highest BCUT2D eigenvalue weighted by Gasteiger charge is 2.12. The van der Waals surface area contributed by atoms with Crippen LogP contribution in [0.25, 0.3) is 16.3 Å². The Labute approximate surface area is 101 Å². The maximum absolute atomic E-state index is 8.90. The van der Waals surface area contributed by atoms with Gasteiger partial charge in [-0.2, -0.15) is 5.26 Å². The molecule has 3 heterocycles. The van der Waals surface area contributed by atoms with E-state index in [4.69, 9.17) is 5.26 Å². The van der Waals surface area contributed by atoms with Gasteiger partial charge < -0.3 is 0 Å². The van der Waals surface area contributed by atoms with Crippen LogP contribution in [0.2, 0.25) is 0 Å². The molecule has 0 amide bonds. The van der Waals surface area contributed by atoms with Crippen molar-refractivity contribution in [2.45, 2.75) is 6.92 Å². The first-order chi connectivity index (χ1) is 8.29. The summed E-state index contributed by atoms with van der Waals surface area (Å²) in [5.74, 6) is 0.733. The van der Waals surface area contributed by atoms with E-state index >= 15 is 0 Å². The topological polar surface area (TPSA) is 66.9 Å². The normalized spacial score (nSPS) is 10.6. The van der Waals surface area contributed by atoms with Crippen LogP contribution in [0.5, 0.6) is 0 Å². The lowest BCUT2D eigenvalue weighted by molar-refractivity contribution is 1.11. The molecule has 0 radical (unpaired) electrons. The van der Waals surface area contributed by atoms with Crippen molar-refractivity contribution in [3.63, 3.8) is 0 Å². The standard InChI is InChI=1S/C11H7N5S/c1-7-10(17-6-13-7)11-15-14-9-3-2-8(4-12)5-16(9)11/h2-3,5-6H,1H3. The second-order valence-electron chi connectivity index (χ2n) is 3.55. The smallest absolute Gasteiger partial charge is 0.180 e. The first-order valence-corrected chi connectivity index (χ1v) is 5.83. The number of fused-ring (bicyclic) bond motifs is 1. The van der Waals surface area contributed by atoms with Crippen molar-refractivity contribution in [1.29, 1.82) is 5.26 Å². The van der Waals surface area contributed by atoms with E-state index in [9.17, 15) is 0 Å². The molecule has 5 nitrogen and oxygen atoms in total. The van der Waals surface area contributed by atoms with Gasteiger partial charge in [-0.25, -0.2) is 4.98 Å². The monoisotopic (exact) mass is 241 g/mol. The molecule has 0 bridgehead atoms. The van der Waals surface area contributed by atoms with Gasteiger partial charge in [0.15, 0.2) is 11.5 Å². The minimum Gasteiger partial charge on any atom is -0.280 e. The van der Waals surface area contributed by atoms with Gasteiger partial charge in [0.1, 0.15) is 6.07 Å². The van der Waals surface area contributed by atoms with Gasteiger partial charge >= 0.3 is 0 Å². The zero-order valence-electron chi connectivity index (χ0n) is 8.95. The number of thiazole rings is 1. The van der Waals surface area contributed by atoms with Crippen LogP contribution in [0.4, 0.5) is 0 Å². The third-order valence-corrected chi connectivity index (χ3v) is 3.40. The number of pyridine rings is 1. The summed E-state index contributed by atoms with van der Waals surface area (Å²) in [4.78, 5) is 5.17. The van der Waals surface area contributed by atoms with Gasteiger partial charge in [-0.1, -0.05) is 0 Å². The first kappa shape index (κ1) is 9.93. The van der Waals surface area contributed by atoms with Crippen LogP contribution in [-0.4, -0.2) is 19.6 Å². The summed E-state index contributed by atoms with van der Waals surface area (Å²) < 4.78 is 1.82. The van der Waals surface area contributed by atoms with Gasteiger partial charge in [0.05, 0.1) is 21.6 Å². The van der Waals surface area contributed by atoms with Crippen molar-refractivity contribution in [3.8, 4) is 16.8 Å². The summed E-state index contributed by atoms with van der Waals surface area (Å²) in [7, 11) is 0. The number of nitriles is 1. The average molecular weight is 241 g/mol. The van der Waals surface area contributed by atoms with Crippen molar-refractivity contribution in [1.82, 2.24) is 19.6 Å². The number of nitrogens with zero attached hydrogens (tertiary/aromatic N) is 5. The summed E-state index contributed by atoms with van der Waals surface area (Å²) in [6, 6.07) is 5.62. The van der Waals surface area contributed by atoms with E-state index < -0.39 is 0 Å². The largest absolute Gasteiger partial charge is 0.280 e. The highest BCUT2D eigenvalue weighted by Crippen LogP contribution is 2.25. The summed E-state index contributed by atoms with van der Waals surface area (Å²) in [6.07, 6.45) is 1.74. The SMILES string of the molecule is Cc1ncsc1-c1nnc2ccc(C#N)cn12. The van der Waals surface area contributed by atoms with Crippen molar-refractivity contribution in [2.24, 2.45) is 0 Å². The average Bonchev–Trinajstić information content (AvgIpc) is 2.94.